The fraction of sp³-hybridized carbons (Fsp3) is 0.0800. The Hall–Kier alpha value is -4.26. The Labute approximate surface area is 183 Å². The lowest BCUT2D eigenvalue weighted by Gasteiger charge is -2.08. The molecule has 2 aromatic heterocycles. The molecule has 0 aliphatic heterocycles. The van der Waals surface area contributed by atoms with Gasteiger partial charge in [0, 0.05) is 34.9 Å². The van der Waals surface area contributed by atoms with Crippen LogP contribution < -0.4 is 5.32 Å². The van der Waals surface area contributed by atoms with E-state index in [4.69, 9.17) is 0 Å². The maximum atomic E-state index is 13.1. The van der Waals surface area contributed by atoms with Crippen molar-refractivity contribution in [2.45, 2.75) is 13.1 Å². The molecule has 0 fully saturated rings. The van der Waals surface area contributed by atoms with Gasteiger partial charge in [0.15, 0.2) is 0 Å². The Balaban J connectivity index is 1.25. The average Bonchev–Trinajstić information content (AvgIpc) is 3.42. The second-order valence-corrected chi connectivity index (χ2v) is 7.56. The average molecular weight is 425 g/mol. The molecule has 32 heavy (non-hydrogen) atoms. The summed E-state index contributed by atoms with van der Waals surface area (Å²) >= 11 is 0. The number of halogens is 1. The van der Waals surface area contributed by atoms with Gasteiger partial charge in [0.25, 0.3) is 0 Å². The first-order chi connectivity index (χ1) is 15.6. The number of hydrogen-bond acceptors (Lipinski definition) is 3. The van der Waals surface area contributed by atoms with Gasteiger partial charge in [0.1, 0.15) is 18.1 Å². The highest BCUT2D eigenvalue weighted by Gasteiger charge is 2.10. The molecule has 5 aromatic rings. The fourth-order valence-electron chi connectivity index (χ4n) is 3.67. The summed E-state index contributed by atoms with van der Waals surface area (Å²) < 4.78 is 16.7. The Morgan fingerprint density at radius 1 is 0.969 bits per heavy atom. The zero-order chi connectivity index (χ0) is 21.9. The minimum absolute atomic E-state index is 0.0290. The highest BCUT2D eigenvalue weighted by atomic mass is 19.1. The van der Waals surface area contributed by atoms with Gasteiger partial charge in [-0.2, -0.15) is 0 Å². The van der Waals surface area contributed by atoms with E-state index in [1.807, 2.05) is 42.5 Å². The Kier molecular flexibility index (Phi) is 5.21. The molecule has 0 bridgehead atoms. The van der Waals surface area contributed by atoms with Crippen LogP contribution in [0.1, 0.15) is 5.56 Å². The van der Waals surface area contributed by atoms with E-state index < -0.39 is 0 Å². The van der Waals surface area contributed by atoms with Crippen LogP contribution in [-0.4, -0.2) is 25.5 Å². The van der Waals surface area contributed by atoms with Crippen molar-refractivity contribution in [3.8, 4) is 11.3 Å². The summed E-state index contributed by atoms with van der Waals surface area (Å²) in [5, 5.41) is 12.0. The Morgan fingerprint density at radius 3 is 2.59 bits per heavy atom. The summed E-state index contributed by atoms with van der Waals surface area (Å²) in [4.78, 5) is 12.5. The lowest BCUT2D eigenvalue weighted by atomic mass is 10.2. The molecule has 6 nitrogen and oxygen atoms in total. The molecule has 1 N–H and O–H groups in total. The number of carbonyl (C=O) groups excluding carboxylic acids is 1. The summed E-state index contributed by atoms with van der Waals surface area (Å²) in [5.41, 5.74) is 4.38. The smallest absolute Gasteiger partial charge is 0.246 e. The zero-order valence-corrected chi connectivity index (χ0v) is 17.1. The van der Waals surface area contributed by atoms with Crippen LogP contribution in [0.3, 0.4) is 0 Å². The van der Waals surface area contributed by atoms with E-state index in [1.165, 1.54) is 22.4 Å². The Morgan fingerprint density at radius 2 is 1.78 bits per heavy atom. The summed E-state index contributed by atoms with van der Waals surface area (Å²) in [6.45, 7) is 0.819. The quantitative estimate of drug-likeness (QED) is 0.428. The lowest BCUT2D eigenvalue weighted by Crippen LogP contribution is -2.19. The van der Waals surface area contributed by atoms with E-state index in [0.717, 1.165) is 28.7 Å². The number of aromatic nitrogens is 4. The molecule has 158 valence electrons. The molecule has 0 atom stereocenters. The van der Waals surface area contributed by atoms with Crippen LogP contribution in [0.2, 0.25) is 0 Å². The van der Waals surface area contributed by atoms with Crippen molar-refractivity contribution in [2.75, 3.05) is 5.32 Å². The highest BCUT2D eigenvalue weighted by Crippen LogP contribution is 2.22. The molecule has 7 heteroatoms. The van der Waals surface area contributed by atoms with Crippen molar-refractivity contribution in [2.24, 2.45) is 0 Å². The number of nitrogens with zero attached hydrogens (tertiary/aromatic N) is 4. The normalized spacial score (nSPS) is 11.0. The maximum Gasteiger partial charge on any atom is 0.246 e. The van der Waals surface area contributed by atoms with Crippen LogP contribution in [-0.2, 0) is 17.9 Å². The predicted octanol–water partition coefficient (Wildman–Crippen LogP) is 4.73. The van der Waals surface area contributed by atoms with Crippen molar-refractivity contribution in [3.05, 3.63) is 103 Å². The van der Waals surface area contributed by atoms with E-state index in [1.54, 1.807) is 18.3 Å². The minimum Gasteiger partial charge on any atom is -0.343 e. The zero-order valence-electron chi connectivity index (χ0n) is 17.1. The van der Waals surface area contributed by atoms with E-state index >= 15 is 0 Å². The fourth-order valence-corrected chi connectivity index (χ4v) is 3.67. The van der Waals surface area contributed by atoms with Gasteiger partial charge >= 0.3 is 0 Å². The number of nitrogens with one attached hydrogen (secondary N) is 1. The number of amides is 1. The molecule has 3 aromatic carbocycles. The van der Waals surface area contributed by atoms with Crippen LogP contribution in [0, 0.1) is 5.82 Å². The molecule has 1 amide bonds. The molecule has 0 saturated carbocycles. The molecule has 0 aliphatic carbocycles. The number of fused-ring (bicyclic) bond motifs is 1. The Bertz CT molecular complexity index is 1370. The number of anilines is 1. The standard InChI is InChI=1S/C25H20FN5O/c26-21-8-6-19(7-9-21)23-16-31(29-28-23)17-25(32)27-22-10-11-24-20(14-22)12-13-30(24)15-18-4-2-1-3-5-18/h1-14,16H,15,17H2,(H,27,32). The third kappa shape index (κ3) is 4.27. The maximum absolute atomic E-state index is 13.1. The van der Waals surface area contributed by atoms with Crippen LogP contribution in [0.5, 0.6) is 0 Å². The first-order valence-electron chi connectivity index (χ1n) is 10.2. The minimum atomic E-state index is -0.312. The first-order valence-corrected chi connectivity index (χ1v) is 10.2. The monoisotopic (exact) mass is 425 g/mol. The number of hydrogen-bond donors (Lipinski definition) is 1. The summed E-state index contributed by atoms with van der Waals surface area (Å²) in [5.74, 6) is -0.517. The molecule has 2 heterocycles. The highest BCUT2D eigenvalue weighted by molar-refractivity contribution is 5.93. The van der Waals surface area contributed by atoms with Crippen LogP contribution in [0.4, 0.5) is 10.1 Å². The second kappa shape index (κ2) is 8.47. The molecular weight excluding hydrogens is 405 g/mol. The van der Waals surface area contributed by atoms with Gasteiger partial charge in [-0.25, -0.2) is 9.07 Å². The van der Waals surface area contributed by atoms with Gasteiger partial charge in [-0.05, 0) is 54.1 Å². The van der Waals surface area contributed by atoms with Crippen molar-refractivity contribution in [3.63, 3.8) is 0 Å². The van der Waals surface area contributed by atoms with E-state index in [2.05, 4.69) is 38.5 Å². The van der Waals surface area contributed by atoms with Gasteiger partial charge < -0.3 is 9.88 Å². The number of carbonyl (C=O) groups is 1. The van der Waals surface area contributed by atoms with Crippen LogP contribution >= 0.6 is 0 Å². The van der Waals surface area contributed by atoms with Crippen LogP contribution in [0.15, 0.2) is 91.3 Å². The summed E-state index contributed by atoms with van der Waals surface area (Å²) in [7, 11) is 0. The largest absolute Gasteiger partial charge is 0.343 e. The molecular formula is C25H20FN5O. The van der Waals surface area contributed by atoms with Gasteiger partial charge in [-0.3, -0.25) is 4.79 Å². The first kappa shape index (κ1) is 19.7. The van der Waals surface area contributed by atoms with E-state index in [0.29, 0.717) is 5.69 Å². The topological polar surface area (TPSA) is 64.7 Å². The van der Waals surface area contributed by atoms with E-state index in [9.17, 15) is 9.18 Å². The molecule has 0 spiro atoms. The third-order valence-corrected chi connectivity index (χ3v) is 5.23. The predicted molar refractivity (Wildman–Crippen MR) is 122 cm³/mol. The molecule has 0 unspecified atom stereocenters. The summed E-state index contributed by atoms with van der Waals surface area (Å²) in [6.07, 6.45) is 3.72. The van der Waals surface area contributed by atoms with Crippen molar-refractivity contribution in [1.29, 1.82) is 0 Å². The second-order valence-electron chi connectivity index (χ2n) is 7.56. The van der Waals surface area contributed by atoms with E-state index in [-0.39, 0.29) is 18.3 Å². The van der Waals surface area contributed by atoms with Crippen molar-refractivity contribution >= 4 is 22.5 Å². The van der Waals surface area contributed by atoms with Crippen molar-refractivity contribution < 1.29 is 9.18 Å². The number of rotatable bonds is 6. The molecule has 0 saturated heterocycles. The third-order valence-electron chi connectivity index (χ3n) is 5.23. The van der Waals surface area contributed by atoms with Gasteiger partial charge in [0.05, 0.1) is 6.20 Å². The molecule has 0 aliphatic rings. The van der Waals surface area contributed by atoms with Crippen molar-refractivity contribution in [1.82, 2.24) is 19.6 Å². The van der Waals surface area contributed by atoms with Gasteiger partial charge in [-0.1, -0.05) is 35.5 Å². The van der Waals surface area contributed by atoms with Crippen LogP contribution in [0.25, 0.3) is 22.2 Å². The molecule has 5 rings (SSSR count). The lowest BCUT2D eigenvalue weighted by molar-refractivity contribution is -0.116. The van der Waals surface area contributed by atoms with Gasteiger partial charge in [-0.15, -0.1) is 5.10 Å². The number of benzene rings is 3. The summed E-state index contributed by atoms with van der Waals surface area (Å²) in [6, 6.07) is 24.2. The SMILES string of the molecule is O=C(Cn1cc(-c2ccc(F)cc2)nn1)Nc1ccc2c(ccn2Cc2ccccc2)c1. The van der Waals surface area contributed by atoms with Gasteiger partial charge in [0.2, 0.25) is 5.91 Å². The molecule has 0 radical (unpaired) electrons.